The van der Waals surface area contributed by atoms with Gasteiger partial charge in [-0.05, 0) is 32.6 Å². The SMILES string of the molecule is Cn1cnnc1CN1CCC2(CC1)C[C@](C)(O)[C@@H](NC(=O)C1CCCC1)CO2. The van der Waals surface area contributed by atoms with E-state index in [1.165, 1.54) is 0 Å². The molecule has 2 saturated heterocycles. The number of likely N-dealkylation sites (tertiary alicyclic amines) is 1. The Morgan fingerprint density at radius 3 is 2.68 bits per heavy atom. The Hall–Kier alpha value is -1.51. The highest BCUT2D eigenvalue weighted by molar-refractivity contribution is 5.79. The van der Waals surface area contributed by atoms with Crippen LogP contribution in [0.1, 0.15) is 57.7 Å². The zero-order valence-corrected chi connectivity index (χ0v) is 17.1. The number of piperidine rings is 1. The van der Waals surface area contributed by atoms with Crippen LogP contribution in [0.15, 0.2) is 6.33 Å². The number of nitrogens with zero attached hydrogens (tertiary/aromatic N) is 4. The van der Waals surface area contributed by atoms with E-state index in [-0.39, 0.29) is 23.5 Å². The van der Waals surface area contributed by atoms with Crippen LogP contribution in [0.3, 0.4) is 0 Å². The van der Waals surface area contributed by atoms with Crippen LogP contribution in [0.2, 0.25) is 0 Å². The monoisotopic (exact) mass is 391 g/mol. The van der Waals surface area contributed by atoms with Crippen molar-refractivity contribution in [3.05, 3.63) is 12.2 Å². The molecule has 0 unspecified atom stereocenters. The lowest BCUT2D eigenvalue weighted by Gasteiger charge is -2.51. The first-order valence-electron chi connectivity index (χ1n) is 10.6. The Labute approximate surface area is 166 Å². The van der Waals surface area contributed by atoms with Gasteiger partial charge in [0, 0.05) is 32.5 Å². The van der Waals surface area contributed by atoms with Gasteiger partial charge < -0.3 is 19.7 Å². The van der Waals surface area contributed by atoms with Gasteiger partial charge in [-0.3, -0.25) is 9.69 Å². The Bertz CT molecular complexity index is 690. The first-order valence-corrected chi connectivity index (χ1v) is 10.6. The highest BCUT2D eigenvalue weighted by Crippen LogP contribution is 2.40. The number of amides is 1. The topological polar surface area (TPSA) is 92.5 Å². The van der Waals surface area contributed by atoms with E-state index in [0.29, 0.717) is 13.0 Å². The average molecular weight is 392 g/mol. The minimum absolute atomic E-state index is 0.0841. The second-order valence-electron chi connectivity index (χ2n) is 9.20. The van der Waals surface area contributed by atoms with Crippen LogP contribution in [0, 0.1) is 5.92 Å². The molecule has 1 amide bonds. The van der Waals surface area contributed by atoms with Gasteiger partial charge >= 0.3 is 0 Å². The molecule has 3 aliphatic rings. The second kappa shape index (κ2) is 7.72. The van der Waals surface area contributed by atoms with Crippen molar-refractivity contribution in [3.63, 3.8) is 0 Å². The van der Waals surface area contributed by atoms with Crippen LogP contribution < -0.4 is 5.32 Å². The quantitative estimate of drug-likeness (QED) is 0.795. The van der Waals surface area contributed by atoms with Gasteiger partial charge in [-0.2, -0.15) is 0 Å². The lowest BCUT2D eigenvalue weighted by Crippen LogP contribution is -2.64. The first kappa shape index (κ1) is 19.8. The number of aromatic nitrogens is 3. The third kappa shape index (κ3) is 4.09. The van der Waals surface area contributed by atoms with Crippen molar-refractivity contribution in [2.45, 2.75) is 75.7 Å². The van der Waals surface area contributed by atoms with E-state index in [0.717, 1.165) is 64.0 Å². The number of nitrogens with one attached hydrogen (secondary N) is 1. The molecular weight excluding hydrogens is 358 g/mol. The predicted octanol–water partition coefficient (Wildman–Crippen LogP) is 0.996. The van der Waals surface area contributed by atoms with Gasteiger partial charge in [-0.1, -0.05) is 12.8 Å². The molecule has 3 fully saturated rings. The third-order valence-electron chi connectivity index (χ3n) is 6.97. The van der Waals surface area contributed by atoms with Crippen molar-refractivity contribution in [2.24, 2.45) is 13.0 Å². The number of hydrogen-bond donors (Lipinski definition) is 2. The van der Waals surface area contributed by atoms with E-state index in [2.05, 4.69) is 20.4 Å². The Morgan fingerprint density at radius 1 is 1.36 bits per heavy atom. The van der Waals surface area contributed by atoms with Crippen LogP contribution in [-0.4, -0.2) is 67.6 Å². The maximum atomic E-state index is 12.5. The smallest absolute Gasteiger partial charge is 0.223 e. The summed E-state index contributed by atoms with van der Waals surface area (Å²) in [6, 6.07) is -0.331. The fourth-order valence-electron chi connectivity index (χ4n) is 5.03. The van der Waals surface area contributed by atoms with Gasteiger partial charge in [0.1, 0.15) is 12.2 Å². The van der Waals surface area contributed by atoms with Crippen LogP contribution in [-0.2, 0) is 23.1 Å². The number of rotatable bonds is 4. The van der Waals surface area contributed by atoms with Crippen LogP contribution in [0.4, 0.5) is 0 Å². The molecule has 156 valence electrons. The average Bonchev–Trinajstić information content (AvgIpc) is 3.32. The molecule has 1 spiro atoms. The number of aliphatic hydroxyl groups is 1. The lowest BCUT2D eigenvalue weighted by atomic mass is 9.75. The fraction of sp³-hybridized carbons (Fsp3) is 0.850. The van der Waals surface area contributed by atoms with Gasteiger partial charge in [0.15, 0.2) is 0 Å². The van der Waals surface area contributed by atoms with Crippen molar-refractivity contribution in [1.82, 2.24) is 25.0 Å². The molecule has 2 atom stereocenters. The minimum atomic E-state index is -0.946. The van der Waals surface area contributed by atoms with Crippen LogP contribution >= 0.6 is 0 Å². The van der Waals surface area contributed by atoms with Crippen LogP contribution in [0.5, 0.6) is 0 Å². The van der Waals surface area contributed by atoms with Gasteiger partial charge in [0.05, 0.1) is 30.4 Å². The molecule has 4 rings (SSSR count). The number of ether oxygens (including phenoxy) is 1. The van der Waals surface area contributed by atoms with Gasteiger partial charge in [0.2, 0.25) is 5.91 Å². The van der Waals surface area contributed by atoms with E-state index in [1.54, 1.807) is 6.33 Å². The number of aryl methyl sites for hydroxylation is 1. The largest absolute Gasteiger partial charge is 0.388 e. The summed E-state index contributed by atoms with van der Waals surface area (Å²) >= 11 is 0. The summed E-state index contributed by atoms with van der Waals surface area (Å²) in [6.07, 6.45) is 8.23. The van der Waals surface area contributed by atoms with E-state index in [9.17, 15) is 9.90 Å². The third-order valence-corrected chi connectivity index (χ3v) is 6.97. The molecule has 1 saturated carbocycles. The Morgan fingerprint density at radius 2 is 2.07 bits per heavy atom. The fourth-order valence-corrected chi connectivity index (χ4v) is 5.03. The molecule has 8 heteroatoms. The standard InChI is InChI=1S/C20H33N5O3/c1-19(27)13-20(28-12-16(19)22-18(26)15-5-3-4-6-15)7-9-25(10-8-20)11-17-23-21-14-24(17)2/h14-16,27H,3-13H2,1-2H3,(H,22,26)/t16-,19-/m0/s1. The summed E-state index contributed by atoms with van der Waals surface area (Å²) in [5, 5.41) is 22.3. The highest BCUT2D eigenvalue weighted by atomic mass is 16.5. The zero-order valence-electron chi connectivity index (χ0n) is 17.1. The summed E-state index contributed by atoms with van der Waals surface area (Å²) in [4.78, 5) is 14.9. The van der Waals surface area contributed by atoms with E-state index >= 15 is 0 Å². The molecule has 1 aromatic rings. The van der Waals surface area contributed by atoms with Crippen molar-refractivity contribution in [3.8, 4) is 0 Å². The highest BCUT2D eigenvalue weighted by Gasteiger charge is 2.49. The van der Waals surface area contributed by atoms with Gasteiger partial charge in [-0.25, -0.2) is 0 Å². The summed E-state index contributed by atoms with van der Waals surface area (Å²) in [7, 11) is 1.96. The van der Waals surface area contributed by atoms with E-state index in [4.69, 9.17) is 4.74 Å². The van der Waals surface area contributed by atoms with Crippen molar-refractivity contribution in [1.29, 1.82) is 0 Å². The first-order chi connectivity index (χ1) is 13.4. The molecule has 0 aromatic carbocycles. The molecule has 0 radical (unpaired) electrons. The van der Waals surface area contributed by atoms with Crippen molar-refractivity contribution >= 4 is 5.91 Å². The Kier molecular flexibility index (Phi) is 5.46. The predicted molar refractivity (Wildman–Crippen MR) is 103 cm³/mol. The molecule has 2 N–H and O–H groups in total. The number of hydrogen-bond acceptors (Lipinski definition) is 6. The normalized spacial score (nSPS) is 31.3. The Balaban J connectivity index is 1.31. The van der Waals surface area contributed by atoms with Gasteiger partial charge in [0.25, 0.3) is 0 Å². The molecule has 2 aliphatic heterocycles. The minimum Gasteiger partial charge on any atom is -0.388 e. The summed E-state index contributed by atoms with van der Waals surface area (Å²) in [6.45, 7) is 4.82. The lowest BCUT2D eigenvalue weighted by molar-refractivity contribution is -0.190. The van der Waals surface area contributed by atoms with Crippen molar-refractivity contribution < 1.29 is 14.6 Å². The second-order valence-corrected chi connectivity index (χ2v) is 9.20. The van der Waals surface area contributed by atoms with Crippen LogP contribution in [0.25, 0.3) is 0 Å². The van der Waals surface area contributed by atoms with Gasteiger partial charge in [-0.15, -0.1) is 10.2 Å². The summed E-state index contributed by atoms with van der Waals surface area (Å²) in [5.74, 6) is 1.15. The molecule has 28 heavy (non-hydrogen) atoms. The van der Waals surface area contributed by atoms with E-state index in [1.807, 2.05) is 18.5 Å². The van der Waals surface area contributed by atoms with Crippen molar-refractivity contribution in [2.75, 3.05) is 19.7 Å². The number of carbonyl (C=O) groups is 1. The van der Waals surface area contributed by atoms with E-state index < -0.39 is 5.60 Å². The molecule has 3 heterocycles. The molecule has 1 aromatic heterocycles. The molecular formula is C20H33N5O3. The maximum Gasteiger partial charge on any atom is 0.223 e. The molecule has 1 aliphatic carbocycles. The summed E-state index contributed by atoms with van der Waals surface area (Å²) in [5.41, 5.74) is -1.24. The molecule has 8 nitrogen and oxygen atoms in total. The zero-order chi connectivity index (χ0) is 19.8. The number of carbonyl (C=O) groups excluding carboxylic acids is 1. The maximum absolute atomic E-state index is 12.5. The summed E-state index contributed by atoms with van der Waals surface area (Å²) < 4.78 is 8.24. The molecule has 0 bridgehead atoms.